The van der Waals surface area contributed by atoms with Gasteiger partial charge in [0.25, 0.3) is 0 Å². The van der Waals surface area contributed by atoms with Gasteiger partial charge in [0.05, 0.1) is 42.7 Å². The van der Waals surface area contributed by atoms with Crippen molar-refractivity contribution in [1.82, 2.24) is 35.6 Å². The molecule has 358 valence electrons. The van der Waals surface area contributed by atoms with Crippen molar-refractivity contribution in [3.63, 3.8) is 0 Å². The Hall–Kier alpha value is -4.60. The fraction of sp³-hybridized carbons (Fsp3) is 0.673. The van der Waals surface area contributed by atoms with Crippen LogP contribution in [0.25, 0.3) is 0 Å². The van der Waals surface area contributed by atoms with E-state index >= 15 is 0 Å². The van der Waals surface area contributed by atoms with Gasteiger partial charge in [-0.15, -0.1) is 0 Å². The fourth-order valence-electron chi connectivity index (χ4n) is 9.02. The average Bonchev–Trinajstić information content (AvgIpc) is 3.74. The summed E-state index contributed by atoms with van der Waals surface area (Å²) in [6, 6.07) is 10.6. The number of amides is 5. The van der Waals surface area contributed by atoms with Crippen molar-refractivity contribution < 1.29 is 33.4 Å². The van der Waals surface area contributed by atoms with Gasteiger partial charge in [0, 0.05) is 64.4 Å². The van der Waals surface area contributed by atoms with E-state index in [0.29, 0.717) is 18.7 Å². The van der Waals surface area contributed by atoms with E-state index in [1.807, 2.05) is 96.9 Å². The van der Waals surface area contributed by atoms with Crippen molar-refractivity contribution >= 4 is 35.2 Å². The SMILES string of the molecule is CC[C@H](C)[C@@H]([C@@H](CC(=O)N1CCC[C@H]1[C@H](OC)[C@@H](C)C(=O)N[C@@H](Cc1ccccn1)C(=O)NCc1ccc(NC(C)C)cc1)OC)N(C)C(=O)[C@@H](NC(=O)[C@H](C(C)C)N(C)C)C(C)C. The molecule has 2 aromatic rings. The van der Waals surface area contributed by atoms with E-state index in [4.69, 9.17) is 9.47 Å². The van der Waals surface area contributed by atoms with Crippen LogP contribution in [0.4, 0.5) is 5.69 Å². The Kier molecular flexibility index (Phi) is 21.6. The molecule has 64 heavy (non-hydrogen) atoms. The highest BCUT2D eigenvalue weighted by atomic mass is 16.5. The molecule has 0 saturated carbocycles. The lowest BCUT2D eigenvalue weighted by Crippen LogP contribution is -2.59. The van der Waals surface area contributed by atoms with Crippen molar-refractivity contribution in [1.29, 1.82) is 0 Å². The van der Waals surface area contributed by atoms with Gasteiger partial charge in [-0.05, 0) is 88.4 Å². The molecule has 0 spiro atoms. The molecule has 9 atom stereocenters. The quantitative estimate of drug-likeness (QED) is 0.108. The van der Waals surface area contributed by atoms with Gasteiger partial charge in [-0.1, -0.05) is 73.1 Å². The zero-order chi connectivity index (χ0) is 47.8. The maximum atomic E-state index is 14.4. The summed E-state index contributed by atoms with van der Waals surface area (Å²) in [6.07, 6.45) is 2.55. The van der Waals surface area contributed by atoms with Crippen LogP contribution in [0.15, 0.2) is 48.7 Å². The number of hydrogen-bond donors (Lipinski definition) is 4. The van der Waals surface area contributed by atoms with Gasteiger partial charge < -0.3 is 40.5 Å². The Balaban J connectivity index is 1.79. The Morgan fingerprint density at radius 2 is 1.52 bits per heavy atom. The highest BCUT2D eigenvalue weighted by Gasteiger charge is 2.43. The number of rotatable bonds is 25. The third kappa shape index (κ3) is 15.0. The molecule has 1 saturated heterocycles. The normalized spacial score (nSPS) is 17.9. The summed E-state index contributed by atoms with van der Waals surface area (Å²) in [4.78, 5) is 79.9. The standard InChI is InChI=1S/C49H80N8O7/c1-15-33(8)44(56(12)49(62)42(30(2)3)54-48(61)43(31(4)5)55(10)11)40(63-13)28-41(58)57-26-18-20-39(57)45(64-14)34(9)46(59)53-38(27-37-19-16-17-25-50-37)47(60)51-29-35-21-23-36(24-22-35)52-32(6)7/h16-17,19,21-25,30-34,38-40,42-45,52H,15,18,20,26-29H2,1-14H3,(H,51,60)(H,53,59)(H,54,61)/t33-,34+,38-,39-,40+,42-,43-,44-,45+/m0/s1. The van der Waals surface area contributed by atoms with Crippen molar-refractivity contribution in [3.05, 3.63) is 59.9 Å². The minimum absolute atomic E-state index is 0.00528. The number of carbonyl (C=O) groups is 5. The number of pyridine rings is 1. The average molecular weight is 893 g/mol. The number of carbonyl (C=O) groups excluding carboxylic acids is 5. The molecule has 1 aliphatic heterocycles. The number of benzene rings is 1. The van der Waals surface area contributed by atoms with Crippen LogP contribution >= 0.6 is 0 Å². The lowest BCUT2D eigenvalue weighted by atomic mass is 9.89. The number of nitrogens with one attached hydrogen (secondary N) is 4. The molecule has 15 heteroatoms. The first-order valence-corrected chi connectivity index (χ1v) is 23.2. The molecule has 1 aliphatic rings. The van der Waals surface area contributed by atoms with E-state index in [1.165, 1.54) is 0 Å². The van der Waals surface area contributed by atoms with Gasteiger partial charge in [-0.3, -0.25) is 33.9 Å². The van der Waals surface area contributed by atoms with Crippen LogP contribution in [0.3, 0.4) is 0 Å². The van der Waals surface area contributed by atoms with E-state index in [-0.39, 0.29) is 72.7 Å². The third-order valence-corrected chi connectivity index (χ3v) is 12.6. The fourth-order valence-corrected chi connectivity index (χ4v) is 9.02. The summed E-state index contributed by atoms with van der Waals surface area (Å²) in [5.74, 6) is -2.29. The number of nitrogens with zero attached hydrogens (tertiary/aromatic N) is 4. The monoisotopic (exact) mass is 893 g/mol. The van der Waals surface area contributed by atoms with Gasteiger partial charge in [0.1, 0.15) is 12.1 Å². The number of anilines is 1. The van der Waals surface area contributed by atoms with E-state index in [9.17, 15) is 24.0 Å². The topological polar surface area (TPSA) is 175 Å². The number of aromatic nitrogens is 1. The van der Waals surface area contributed by atoms with Gasteiger partial charge in [-0.25, -0.2) is 0 Å². The Morgan fingerprint density at radius 1 is 0.844 bits per heavy atom. The van der Waals surface area contributed by atoms with Crippen molar-refractivity contribution in [2.24, 2.45) is 23.7 Å². The minimum atomic E-state index is -0.918. The first kappa shape index (κ1) is 53.7. The Bertz CT molecular complexity index is 1770. The predicted octanol–water partition coefficient (Wildman–Crippen LogP) is 4.89. The summed E-state index contributed by atoms with van der Waals surface area (Å²) in [5, 5.41) is 12.4. The van der Waals surface area contributed by atoms with Crippen molar-refractivity contribution in [2.75, 3.05) is 47.2 Å². The predicted molar refractivity (Wildman–Crippen MR) is 252 cm³/mol. The molecule has 1 aromatic heterocycles. The zero-order valence-corrected chi connectivity index (χ0v) is 41.1. The second-order valence-corrected chi connectivity index (χ2v) is 18.8. The highest BCUT2D eigenvalue weighted by Crippen LogP contribution is 2.30. The lowest BCUT2D eigenvalue weighted by Gasteiger charge is -2.41. The van der Waals surface area contributed by atoms with Crippen LogP contribution < -0.4 is 21.3 Å². The first-order valence-electron chi connectivity index (χ1n) is 23.2. The van der Waals surface area contributed by atoms with Crippen molar-refractivity contribution in [2.45, 2.75) is 149 Å². The van der Waals surface area contributed by atoms with Gasteiger partial charge >= 0.3 is 0 Å². The van der Waals surface area contributed by atoms with Crippen LogP contribution in [0.2, 0.25) is 0 Å². The van der Waals surface area contributed by atoms with E-state index in [1.54, 1.807) is 50.3 Å². The van der Waals surface area contributed by atoms with E-state index in [2.05, 4.69) is 40.1 Å². The molecule has 0 aliphatic carbocycles. The molecule has 15 nitrogen and oxygen atoms in total. The maximum Gasteiger partial charge on any atom is 0.245 e. The van der Waals surface area contributed by atoms with Crippen LogP contribution in [0.5, 0.6) is 0 Å². The summed E-state index contributed by atoms with van der Waals surface area (Å²) >= 11 is 0. The lowest BCUT2D eigenvalue weighted by molar-refractivity contribution is -0.148. The summed E-state index contributed by atoms with van der Waals surface area (Å²) in [7, 11) is 8.54. The second kappa shape index (κ2) is 25.8. The van der Waals surface area contributed by atoms with Crippen LogP contribution in [0, 0.1) is 23.7 Å². The first-order chi connectivity index (χ1) is 30.2. The Morgan fingerprint density at radius 3 is 2.05 bits per heavy atom. The number of likely N-dealkylation sites (N-methyl/N-ethyl adjacent to an activating group) is 2. The van der Waals surface area contributed by atoms with Gasteiger partial charge in [0.15, 0.2) is 0 Å². The maximum absolute atomic E-state index is 14.4. The molecular formula is C49H80N8O7. The van der Waals surface area contributed by atoms with E-state index in [0.717, 1.165) is 24.1 Å². The Labute approximate surface area is 383 Å². The van der Waals surface area contributed by atoms with Gasteiger partial charge in [0.2, 0.25) is 29.5 Å². The molecule has 0 bridgehead atoms. The number of methoxy groups -OCH3 is 2. The second-order valence-electron chi connectivity index (χ2n) is 18.8. The van der Waals surface area contributed by atoms with E-state index < -0.39 is 48.3 Å². The smallest absolute Gasteiger partial charge is 0.245 e. The molecule has 0 radical (unpaired) electrons. The molecule has 2 heterocycles. The highest BCUT2D eigenvalue weighted by molar-refractivity contribution is 5.90. The van der Waals surface area contributed by atoms with Gasteiger partial charge in [-0.2, -0.15) is 0 Å². The molecule has 1 fully saturated rings. The molecule has 1 aromatic carbocycles. The molecule has 4 N–H and O–H groups in total. The van der Waals surface area contributed by atoms with Crippen LogP contribution in [-0.4, -0.2) is 140 Å². The summed E-state index contributed by atoms with van der Waals surface area (Å²) in [6.45, 7) is 18.5. The number of hydrogen-bond acceptors (Lipinski definition) is 10. The summed E-state index contributed by atoms with van der Waals surface area (Å²) in [5.41, 5.74) is 2.55. The molecule has 3 rings (SSSR count). The minimum Gasteiger partial charge on any atom is -0.383 e. The van der Waals surface area contributed by atoms with Crippen molar-refractivity contribution in [3.8, 4) is 0 Å². The zero-order valence-electron chi connectivity index (χ0n) is 41.1. The largest absolute Gasteiger partial charge is 0.383 e. The van der Waals surface area contributed by atoms with Crippen LogP contribution in [0.1, 0.15) is 99.3 Å². The number of likely N-dealkylation sites (tertiary alicyclic amines) is 1. The van der Waals surface area contributed by atoms with Crippen LogP contribution in [-0.2, 0) is 46.4 Å². The third-order valence-electron chi connectivity index (χ3n) is 12.6. The number of ether oxygens (including phenoxy) is 2. The molecular weight excluding hydrogens is 813 g/mol. The molecule has 0 unspecified atom stereocenters. The summed E-state index contributed by atoms with van der Waals surface area (Å²) < 4.78 is 12.1. The molecule has 5 amide bonds.